The van der Waals surface area contributed by atoms with Crippen molar-refractivity contribution in [1.82, 2.24) is 0 Å². The summed E-state index contributed by atoms with van der Waals surface area (Å²) in [7, 11) is 0. The number of benzene rings is 2. The minimum atomic E-state index is -0.338. The molecule has 0 aromatic heterocycles. The van der Waals surface area contributed by atoms with Crippen molar-refractivity contribution in [1.29, 1.82) is 0 Å². The standard InChI is InChI=1S/C16H14BrCl2NO2/c17-13-7-11(3-6-15(20)21)8-14(19)16(13)22-9-10-1-4-12(18)5-2-10/h1-2,4-5,7-8H,3,6,9H2,(H2,20,21). The van der Waals surface area contributed by atoms with Gasteiger partial charge in [0, 0.05) is 11.4 Å². The lowest BCUT2D eigenvalue weighted by atomic mass is 10.1. The van der Waals surface area contributed by atoms with Crippen LogP contribution in [0.4, 0.5) is 0 Å². The normalized spacial score (nSPS) is 10.5. The summed E-state index contributed by atoms with van der Waals surface area (Å²) in [6.07, 6.45) is 0.832. The molecule has 3 nitrogen and oxygen atoms in total. The van der Waals surface area contributed by atoms with Crippen LogP contribution in [0.1, 0.15) is 17.5 Å². The zero-order valence-electron chi connectivity index (χ0n) is 11.6. The number of carbonyl (C=O) groups excluding carboxylic acids is 1. The number of primary amides is 1. The summed E-state index contributed by atoms with van der Waals surface area (Å²) in [5.41, 5.74) is 7.07. The zero-order valence-corrected chi connectivity index (χ0v) is 14.7. The Bertz CT molecular complexity index is 651. The summed E-state index contributed by atoms with van der Waals surface area (Å²) in [5, 5.41) is 1.17. The van der Waals surface area contributed by atoms with Crippen LogP contribution in [-0.4, -0.2) is 5.91 Å². The van der Waals surface area contributed by atoms with Gasteiger partial charge in [0.15, 0.2) is 5.75 Å². The first kappa shape index (κ1) is 17.1. The predicted octanol–water partition coefficient (Wildman–Crippen LogP) is 4.75. The van der Waals surface area contributed by atoms with Gasteiger partial charge in [0.05, 0.1) is 9.50 Å². The molecular weight excluding hydrogens is 389 g/mol. The first-order chi connectivity index (χ1) is 10.5. The predicted molar refractivity (Wildman–Crippen MR) is 92.5 cm³/mol. The molecule has 0 aliphatic carbocycles. The van der Waals surface area contributed by atoms with Gasteiger partial charge in [-0.25, -0.2) is 0 Å². The first-order valence-electron chi connectivity index (χ1n) is 6.59. The van der Waals surface area contributed by atoms with Crippen LogP contribution in [0.15, 0.2) is 40.9 Å². The molecule has 0 unspecified atom stereocenters. The van der Waals surface area contributed by atoms with Crippen LogP contribution in [0.5, 0.6) is 5.75 Å². The number of carbonyl (C=O) groups is 1. The second kappa shape index (κ2) is 7.86. The van der Waals surface area contributed by atoms with Crippen LogP contribution in [0.25, 0.3) is 0 Å². The third-order valence-corrected chi connectivity index (χ3v) is 4.14. The monoisotopic (exact) mass is 401 g/mol. The number of aryl methyl sites for hydroxylation is 1. The van der Waals surface area contributed by atoms with Crippen molar-refractivity contribution < 1.29 is 9.53 Å². The van der Waals surface area contributed by atoms with Gasteiger partial charge in [-0.2, -0.15) is 0 Å². The number of amides is 1. The van der Waals surface area contributed by atoms with Crippen LogP contribution in [0.2, 0.25) is 10.0 Å². The fourth-order valence-electron chi connectivity index (χ4n) is 1.90. The molecule has 2 aromatic carbocycles. The average molecular weight is 403 g/mol. The molecule has 0 heterocycles. The maximum Gasteiger partial charge on any atom is 0.217 e. The van der Waals surface area contributed by atoms with E-state index in [-0.39, 0.29) is 12.3 Å². The van der Waals surface area contributed by atoms with Crippen molar-refractivity contribution in [2.24, 2.45) is 5.73 Å². The molecule has 6 heteroatoms. The van der Waals surface area contributed by atoms with Crippen LogP contribution in [0, 0.1) is 0 Å². The maximum atomic E-state index is 10.8. The van der Waals surface area contributed by atoms with Gasteiger partial charge >= 0.3 is 0 Å². The van der Waals surface area contributed by atoms with Crippen LogP contribution in [0.3, 0.4) is 0 Å². The molecule has 2 aromatic rings. The van der Waals surface area contributed by atoms with Gasteiger partial charge in [-0.3, -0.25) is 4.79 Å². The fourth-order valence-corrected chi connectivity index (χ4v) is 3.06. The summed E-state index contributed by atoms with van der Waals surface area (Å²) >= 11 is 15.5. The van der Waals surface area contributed by atoms with E-state index >= 15 is 0 Å². The van der Waals surface area contributed by atoms with Gasteiger partial charge in [0.2, 0.25) is 5.91 Å². The van der Waals surface area contributed by atoms with Crippen LogP contribution in [-0.2, 0) is 17.8 Å². The molecule has 0 radical (unpaired) electrons. The van der Waals surface area contributed by atoms with E-state index in [0.29, 0.717) is 28.8 Å². The molecule has 0 saturated heterocycles. The molecule has 0 bridgehead atoms. The lowest BCUT2D eigenvalue weighted by molar-refractivity contribution is -0.117. The lowest BCUT2D eigenvalue weighted by Gasteiger charge is -2.12. The SMILES string of the molecule is NC(=O)CCc1cc(Cl)c(OCc2ccc(Cl)cc2)c(Br)c1. The highest BCUT2D eigenvalue weighted by molar-refractivity contribution is 9.10. The van der Waals surface area contributed by atoms with E-state index in [1.54, 1.807) is 6.07 Å². The van der Waals surface area contributed by atoms with Gasteiger partial charge in [-0.1, -0.05) is 35.3 Å². The minimum Gasteiger partial charge on any atom is -0.486 e. The molecule has 0 saturated carbocycles. The van der Waals surface area contributed by atoms with Gasteiger partial charge in [0.1, 0.15) is 6.61 Å². The second-order valence-corrected chi connectivity index (χ2v) is 6.47. The van der Waals surface area contributed by atoms with E-state index in [9.17, 15) is 4.79 Å². The zero-order chi connectivity index (χ0) is 16.1. The number of hydrogen-bond acceptors (Lipinski definition) is 2. The van der Waals surface area contributed by atoms with Crippen molar-refractivity contribution in [2.45, 2.75) is 19.4 Å². The molecule has 0 aliphatic heterocycles. The molecule has 0 atom stereocenters. The number of hydrogen-bond donors (Lipinski definition) is 1. The van der Waals surface area contributed by atoms with Gasteiger partial charge in [0.25, 0.3) is 0 Å². The second-order valence-electron chi connectivity index (χ2n) is 4.77. The number of ether oxygens (including phenoxy) is 1. The number of nitrogens with two attached hydrogens (primary N) is 1. The summed E-state index contributed by atoms with van der Waals surface area (Å²) in [4.78, 5) is 10.8. The summed E-state index contributed by atoms with van der Waals surface area (Å²) in [6, 6.07) is 11.1. The van der Waals surface area contributed by atoms with Crippen molar-refractivity contribution in [2.75, 3.05) is 0 Å². The molecule has 2 rings (SSSR count). The lowest BCUT2D eigenvalue weighted by Crippen LogP contribution is -2.11. The Morgan fingerprint density at radius 2 is 1.82 bits per heavy atom. The highest BCUT2D eigenvalue weighted by Gasteiger charge is 2.10. The summed E-state index contributed by atoms with van der Waals surface area (Å²) in [6.45, 7) is 0.385. The Morgan fingerprint density at radius 1 is 1.14 bits per heavy atom. The Balaban J connectivity index is 2.07. The van der Waals surface area contributed by atoms with Crippen molar-refractivity contribution >= 4 is 45.0 Å². The Hall–Kier alpha value is -1.23. The van der Waals surface area contributed by atoms with E-state index in [2.05, 4.69) is 15.9 Å². The third kappa shape index (κ3) is 4.90. The highest BCUT2D eigenvalue weighted by atomic mass is 79.9. The van der Waals surface area contributed by atoms with Crippen LogP contribution < -0.4 is 10.5 Å². The third-order valence-electron chi connectivity index (χ3n) is 3.01. The fraction of sp³-hybridized carbons (Fsp3) is 0.188. The number of rotatable bonds is 6. The molecule has 0 spiro atoms. The molecule has 22 heavy (non-hydrogen) atoms. The molecular formula is C16H14BrCl2NO2. The first-order valence-corrected chi connectivity index (χ1v) is 8.14. The molecule has 2 N–H and O–H groups in total. The van der Waals surface area contributed by atoms with Crippen molar-refractivity contribution in [3.8, 4) is 5.75 Å². The minimum absolute atomic E-state index is 0.285. The van der Waals surface area contributed by atoms with Crippen LogP contribution >= 0.6 is 39.1 Å². The quantitative estimate of drug-likeness (QED) is 0.757. The smallest absolute Gasteiger partial charge is 0.217 e. The van der Waals surface area contributed by atoms with E-state index in [0.717, 1.165) is 15.6 Å². The average Bonchev–Trinajstić information content (AvgIpc) is 2.46. The van der Waals surface area contributed by atoms with E-state index in [1.807, 2.05) is 30.3 Å². The van der Waals surface area contributed by atoms with E-state index in [1.165, 1.54) is 0 Å². The maximum absolute atomic E-state index is 10.8. The van der Waals surface area contributed by atoms with Crippen molar-refractivity contribution in [3.05, 3.63) is 62.0 Å². The Morgan fingerprint density at radius 3 is 2.41 bits per heavy atom. The van der Waals surface area contributed by atoms with Crippen molar-refractivity contribution in [3.63, 3.8) is 0 Å². The summed E-state index contributed by atoms with van der Waals surface area (Å²) in [5.74, 6) is 0.231. The van der Waals surface area contributed by atoms with Gasteiger partial charge in [-0.15, -0.1) is 0 Å². The molecule has 1 amide bonds. The molecule has 116 valence electrons. The summed E-state index contributed by atoms with van der Waals surface area (Å²) < 4.78 is 6.50. The number of halogens is 3. The van der Waals surface area contributed by atoms with Gasteiger partial charge in [-0.05, 0) is 57.7 Å². The largest absolute Gasteiger partial charge is 0.486 e. The molecule has 0 aliphatic rings. The Kier molecular flexibility index (Phi) is 6.12. The van der Waals surface area contributed by atoms with E-state index < -0.39 is 0 Å². The molecule has 0 fully saturated rings. The Labute approximate surface area is 147 Å². The highest BCUT2D eigenvalue weighted by Crippen LogP contribution is 2.35. The topological polar surface area (TPSA) is 52.3 Å². The van der Waals surface area contributed by atoms with Gasteiger partial charge < -0.3 is 10.5 Å². The van der Waals surface area contributed by atoms with E-state index in [4.69, 9.17) is 33.7 Å².